The summed E-state index contributed by atoms with van der Waals surface area (Å²) >= 11 is 0. The van der Waals surface area contributed by atoms with Crippen LogP contribution in [0.15, 0.2) is 24.3 Å². The van der Waals surface area contributed by atoms with Gasteiger partial charge in [-0.15, -0.1) is 0 Å². The first-order chi connectivity index (χ1) is 9.51. The fraction of sp³-hybridized carbons (Fsp3) is 0.500. The van der Waals surface area contributed by atoms with Gasteiger partial charge in [0.2, 0.25) is 5.91 Å². The molecular weight excluding hydrogens is 266 g/mol. The van der Waals surface area contributed by atoms with Crippen LogP contribution in [0.3, 0.4) is 0 Å². The van der Waals surface area contributed by atoms with E-state index in [0.717, 1.165) is 12.0 Å². The summed E-state index contributed by atoms with van der Waals surface area (Å²) in [4.78, 5) is 11.5. The third-order valence-corrected chi connectivity index (χ3v) is 2.86. The normalized spacial score (nSPS) is 12.2. The van der Waals surface area contributed by atoms with Crippen molar-refractivity contribution in [1.29, 1.82) is 0 Å². The molecule has 4 nitrogen and oxygen atoms in total. The number of benzene rings is 1. The number of carbonyl (C=O) groups is 1. The van der Waals surface area contributed by atoms with E-state index in [4.69, 9.17) is 5.73 Å². The van der Waals surface area contributed by atoms with Crippen molar-refractivity contribution in [1.82, 2.24) is 5.32 Å². The number of ether oxygens (including phenoxy) is 1. The van der Waals surface area contributed by atoms with E-state index in [9.17, 15) is 13.6 Å². The average Bonchev–Trinajstić information content (AvgIpc) is 2.40. The minimum absolute atomic E-state index is 0.0722. The van der Waals surface area contributed by atoms with Gasteiger partial charge < -0.3 is 15.8 Å². The predicted molar refractivity (Wildman–Crippen MR) is 72.7 cm³/mol. The Morgan fingerprint density at radius 2 is 2.00 bits per heavy atom. The summed E-state index contributed by atoms with van der Waals surface area (Å²) in [5.74, 6) is 0.0544. The Morgan fingerprint density at radius 3 is 2.55 bits per heavy atom. The molecule has 1 aromatic carbocycles. The van der Waals surface area contributed by atoms with Crippen molar-refractivity contribution < 1.29 is 18.3 Å². The molecule has 112 valence electrons. The molecule has 0 bridgehead atoms. The van der Waals surface area contributed by atoms with Gasteiger partial charge in [0.15, 0.2) is 0 Å². The Hall–Kier alpha value is -1.69. The molecule has 1 unspecified atom stereocenters. The molecule has 1 atom stereocenters. The van der Waals surface area contributed by atoms with E-state index in [0.29, 0.717) is 19.4 Å². The van der Waals surface area contributed by atoms with Crippen molar-refractivity contribution >= 4 is 5.91 Å². The highest BCUT2D eigenvalue weighted by atomic mass is 19.3. The van der Waals surface area contributed by atoms with Crippen LogP contribution in [-0.2, 0) is 11.2 Å². The highest BCUT2D eigenvalue weighted by Crippen LogP contribution is 2.14. The van der Waals surface area contributed by atoms with E-state index in [1.54, 1.807) is 12.1 Å². The number of nitrogens with one attached hydrogen (secondary N) is 1. The lowest BCUT2D eigenvalue weighted by atomic mass is 10.1. The Balaban J connectivity index is 2.30. The smallest absolute Gasteiger partial charge is 0.387 e. The Bertz CT molecular complexity index is 410. The van der Waals surface area contributed by atoms with Crippen molar-refractivity contribution in [3.8, 4) is 5.75 Å². The first-order valence-electron chi connectivity index (χ1n) is 6.57. The molecular formula is C14H20F2N2O2. The fourth-order valence-corrected chi connectivity index (χ4v) is 1.64. The summed E-state index contributed by atoms with van der Waals surface area (Å²) in [6.45, 7) is -0.395. The monoisotopic (exact) mass is 286 g/mol. The quantitative estimate of drug-likeness (QED) is 0.769. The molecule has 0 radical (unpaired) electrons. The largest absolute Gasteiger partial charge is 0.435 e. The third kappa shape index (κ3) is 6.47. The molecule has 0 aliphatic carbocycles. The Kier molecular flexibility index (Phi) is 6.93. The number of rotatable bonds is 8. The van der Waals surface area contributed by atoms with Crippen molar-refractivity contribution in [3.05, 3.63) is 29.8 Å². The maximum absolute atomic E-state index is 12.0. The minimum Gasteiger partial charge on any atom is -0.435 e. The SMILES string of the molecule is CCC(N)CC(=O)NCCc1ccc(OC(F)F)cc1. The van der Waals surface area contributed by atoms with Crippen LogP contribution in [-0.4, -0.2) is 25.1 Å². The second-order valence-electron chi connectivity index (χ2n) is 4.49. The molecule has 0 heterocycles. The van der Waals surface area contributed by atoms with Gasteiger partial charge in [-0.2, -0.15) is 8.78 Å². The van der Waals surface area contributed by atoms with Crippen LogP contribution in [0.1, 0.15) is 25.3 Å². The van der Waals surface area contributed by atoms with Gasteiger partial charge in [-0.25, -0.2) is 0 Å². The van der Waals surface area contributed by atoms with Crippen LogP contribution in [0, 0.1) is 0 Å². The number of halogens is 2. The van der Waals surface area contributed by atoms with Crippen molar-refractivity contribution in [3.63, 3.8) is 0 Å². The predicted octanol–water partition coefficient (Wildman–Crippen LogP) is 2.07. The van der Waals surface area contributed by atoms with Crippen molar-refractivity contribution in [2.45, 2.75) is 38.8 Å². The molecule has 0 fully saturated rings. The van der Waals surface area contributed by atoms with Gasteiger partial charge in [0, 0.05) is 19.0 Å². The van der Waals surface area contributed by atoms with Crippen LogP contribution >= 0.6 is 0 Å². The van der Waals surface area contributed by atoms with Gasteiger partial charge in [0.05, 0.1) is 0 Å². The zero-order valence-corrected chi connectivity index (χ0v) is 11.4. The summed E-state index contributed by atoms with van der Waals surface area (Å²) in [5.41, 5.74) is 6.61. The van der Waals surface area contributed by atoms with Gasteiger partial charge in [0.1, 0.15) is 5.75 Å². The molecule has 0 saturated carbocycles. The molecule has 1 amide bonds. The lowest BCUT2D eigenvalue weighted by Crippen LogP contribution is -2.32. The number of hydrogen-bond acceptors (Lipinski definition) is 3. The molecule has 0 aliphatic rings. The van der Waals surface area contributed by atoms with Crippen molar-refractivity contribution in [2.75, 3.05) is 6.54 Å². The van der Waals surface area contributed by atoms with Crippen LogP contribution in [0.4, 0.5) is 8.78 Å². The first kappa shape index (κ1) is 16.4. The van der Waals surface area contributed by atoms with Crippen LogP contribution in [0.25, 0.3) is 0 Å². The maximum atomic E-state index is 12.0. The number of alkyl halides is 2. The highest BCUT2D eigenvalue weighted by molar-refractivity contribution is 5.76. The lowest BCUT2D eigenvalue weighted by molar-refractivity contribution is -0.121. The molecule has 6 heteroatoms. The van der Waals surface area contributed by atoms with Gasteiger partial charge in [0.25, 0.3) is 0 Å². The summed E-state index contributed by atoms with van der Waals surface area (Å²) in [5, 5.41) is 2.77. The maximum Gasteiger partial charge on any atom is 0.387 e. The van der Waals surface area contributed by atoms with Crippen LogP contribution in [0.2, 0.25) is 0 Å². The standard InChI is InChI=1S/C14H20F2N2O2/c1-2-11(17)9-13(19)18-8-7-10-3-5-12(6-4-10)20-14(15)16/h3-6,11,14H,2,7-9,17H2,1H3,(H,18,19). The van der Waals surface area contributed by atoms with E-state index in [1.807, 2.05) is 6.92 Å². The molecule has 20 heavy (non-hydrogen) atoms. The van der Waals surface area contributed by atoms with E-state index in [-0.39, 0.29) is 17.7 Å². The minimum atomic E-state index is -2.82. The van der Waals surface area contributed by atoms with E-state index < -0.39 is 6.61 Å². The van der Waals surface area contributed by atoms with Gasteiger partial charge in [-0.05, 0) is 30.5 Å². The Labute approximate surface area is 117 Å². The van der Waals surface area contributed by atoms with E-state index >= 15 is 0 Å². The Morgan fingerprint density at radius 1 is 1.35 bits per heavy atom. The molecule has 1 rings (SSSR count). The van der Waals surface area contributed by atoms with E-state index in [1.165, 1.54) is 12.1 Å². The number of hydrogen-bond donors (Lipinski definition) is 2. The summed E-state index contributed by atoms with van der Waals surface area (Å²) in [7, 11) is 0. The molecule has 0 aromatic heterocycles. The van der Waals surface area contributed by atoms with Gasteiger partial charge in [-0.3, -0.25) is 4.79 Å². The number of carbonyl (C=O) groups excluding carboxylic acids is 1. The summed E-state index contributed by atoms with van der Waals surface area (Å²) in [6, 6.07) is 6.25. The zero-order chi connectivity index (χ0) is 15.0. The molecule has 1 aromatic rings. The molecule has 3 N–H and O–H groups in total. The second-order valence-corrected chi connectivity index (χ2v) is 4.49. The molecule has 0 spiro atoms. The van der Waals surface area contributed by atoms with Gasteiger partial charge >= 0.3 is 6.61 Å². The second kappa shape index (κ2) is 8.47. The topological polar surface area (TPSA) is 64.4 Å². The molecule has 0 aliphatic heterocycles. The fourth-order valence-electron chi connectivity index (χ4n) is 1.64. The average molecular weight is 286 g/mol. The molecule has 0 saturated heterocycles. The van der Waals surface area contributed by atoms with E-state index in [2.05, 4.69) is 10.1 Å². The van der Waals surface area contributed by atoms with Gasteiger partial charge in [-0.1, -0.05) is 19.1 Å². The first-order valence-corrected chi connectivity index (χ1v) is 6.57. The summed E-state index contributed by atoms with van der Waals surface area (Å²) < 4.78 is 28.2. The number of amides is 1. The summed E-state index contributed by atoms with van der Waals surface area (Å²) in [6.07, 6.45) is 1.71. The van der Waals surface area contributed by atoms with Crippen molar-refractivity contribution in [2.24, 2.45) is 5.73 Å². The number of nitrogens with two attached hydrogens (primary N) is 1. The zero-order valence-electron chi connectivity index (χ0n) is 11.4. The van der Waals surface area contributed by atoms with Crippen LogP contribution in [0.5, 0.6) is 5.75 Å². The highest BCUT2D eigenvalue weighted by Gasteiger charge is 2.07. The third-order valence-electron chi connectivity index (χ3n) is 2.86. The van der Waals surface area contributed by atoms with Crippen LogP contribution < -0.4 is 15.8 Å². The lowest BCUT2D eigenvalue weighted by Gasteiger charge is -2.09.